The molecular weight excluding hydrogens is 254 g/mol. The van der Waals surface area contributed by atoms with Gasteiger partial charge >= 0.3 is 0 Å². The molecule has 2 fully saturated rings. The molecule has 1 N–H and O–H groups in total. The molecule has 0 saturated heterocycles. The molecule has 0 radical (unpaired) electrons. The first-order chi connectivity index (χ1) is 9.72. The molecule has 2 aliphatic rings. The Morgan fingerprint density at radius 2 is 2.25 bits per heavy atom. The van der Waals surface area contributed by atoms with Crippen molar-refractivity contribution in [1.29, 1.82) is 0 Å². The summed E-state index contributed by atoms with van der Waals surface area (Å²) in [5.41, 5.74) is -0.330. The zero-order valence-corrected chi connectivity index (χ0v) is 12.5. The molecule has 0 amide bonds. The third kappa shape index (κ3) is 3.04. The molecule has 0 aliphatic heterocycles. The van der Waals surface area contributed by atoms with Crippen molar-refractivity contribution in [3.63, 3.8) is 0 Å². The van der Waals surface area contributed by atoms with Gasteiger partial charge in [0.15, 0.2) is 0 Å². The quantitative estimate of drug-likeness (QED) is 0.866. The fourth-order valence-electron chi connectivity index (χ4n) is 3.20. The predicted octanol–water partition coefficient (Wildman–Crippen LogP) is 2.42. The Hall–Kier alpha value is -0.940. The van der Waals surface area contributed by atoms with Crippen LogP contribution in [0.25, 0.3) is 0 Å². The number of hydrogen-bond acceptors (Lipinski definition) is 5. The van der Waals surface area contributed by atoms with Crippen molar-refractivity contribution in [2.45, 2.75) is 63.5 Å². The zero-order chi connectivity index (χ0) is 14.0. The van der Waals surface area contributed by atoms with Gasteiger partial charge < -0.3 is 14.6 Å². The molecule has 2 unspecified atom stereocenters. The predicted molar refractivity (Wildman–Crippen MR) is 75.3 cm³/mol. The minimum atomic E-state index is -0.330. The van der Waals surface area contributed by atoms with E-state index in [1.54, 1.807) is 7.11 Å². The maximum absolute atomic E-state index is 5.80. The largest absolute Gasteiger partial charge is 0.370 e. The summed E-state index contributed by atoms with van der Waals surface area (Å²) in [5, 5.41) is 7.66. The summed E-state index contributed by atoms with van der Waals surface area (Å²) in [4.78, 5) is 4.59. The lowest BCUT2D eigenvalue weighted by molar-refractivity contribution is -0.0658. The van der Waals surface area contributed by atoms with Crippen LogP contribution in [0.1, 0.15) is 57.2 Å². The summed E-state index contributed by atoms with van der Waals surface area (Å²) in [7, 11) is 1.77. The van der Waals surface area contributed by atoms with Gasteiger partial charge in [-0.25, -0.2) is 0 Å². The van der Waals surface area contributed by atoms with E-state index in [0.29, 0.717) is 5.92 Å². The van der Waals surface area contributed by atoms with Crippen LogP contribution in [0, 0.1) is 5.92 Å². The number of hydrogen-bond donors (Lipinski definition) is 1. The van der Waals surface area contributed by atoms with Crippen molar-refractivity contribution in [2.75, 3.05) is 13.7 Å². The standard InChI is InChI=1S/C15H25N3O2/c1-11-4-3-8-15(10-11,19-2)14-17-13(20-18-14)7-9-16-12-5-6-12/h11-12,16H,3-10H2,1-2H3. The first kappa shape index (κ1) is 14.0. The van der Waals surface area contributed by atoms with E-state index in [0.717, 1.165) is 43.6 Å². The lowest BCUT2D eigenvalue weighted by atomic mass is 9.78. The van der Waals surface area contributed by atoms with E-state index in [2.05, 4.69) is 22.4 Å². The van der Waals surface area contributed by atoms with Crippen LogP contribution in [-0.4, -0.2) is 29.8 Å². The Morgan fingerprint density at radius 1 is 1.40 bits per heavy atom. The first-order valence-electron chi connectivity index (χ1n) is 7.83. The number of rotatable bonds is 6. The molecule has 5 heteroatoms. The zero-order valence-electron chi connectivity index (χ0n) is 12.5. The SMILES string of the molecule is COC1(c2noc(CCNC3CC3)n2)CCCC(C)C1. The fourth-order valence-corrected chi connectivity index (χ4v) is 3.20. The second-order valence-corrected chi connectivity index (χ2v) is 6.39. The van der Waals surface area contributed by atoms with Crippen LogP contribution in [0.4, 0.5) is 0 Å². The first-order valence-corrected chi connectivity index (χ1v) is 7.83. The maximum atomic E-state index is 5.80. The van der Waals surface area contributed by atoms with Crippen molar-refractivity contribution < 1.29 is 9.26 Å². The van der Waals surface area contributed by atoms with E-state index in [4.69, 9.17) is 9.26 Å². The van der Waals surface area contributed by atoms with E-state index in [1.807, 2.05) is 0 Å². The van der Waals surface area contributed by atoms with Gasteiger partial charge in [0.1, 0.15) is 5.60 Å². The summed E-state index contributed by atoms with van der Waals surface area (Å²) in [5.74, 6) is 2.12. The Labute approximate surface area is 120 Å². The van der Waals surface area contributed by atoms with Crippen molar-refractivity contribution in [3.05, 3.63) is 11.7 Å². The molecule has 20 heavy (non-hydrogen) atoms. The molecule has 0 spiro atoms. The molecule has 3 rings (SSSR count). The summed E-state index contributed by atoms with van der Waals surface area (Å²) in [6.45, 7) is 3.19. The molecule has 1 aromatic rings. The highest BCUT2D eigenvalue weighted by molar-refractivity contribution is 5.04. The number of methoxy groups -OCH3 is 1. The van der Waals surface area contributed by atoms with Gasteiger partial charge in [0.2, 0.25) is 11.7 Å². The van der Waals surface area contributed by atoms with Crippen LogP contribution in [-0.2, 0) is 16.8 Å². The van der Waals surface area contributed by atoms with Gasteiger partial charge in [0, 0.05) is 26.1 Å². The monoisotopic (exact) mass is 279 g/mol. The van der Waals surface area contributed by atoms with Gasteiger partial charge in [0.05, 0.1) is 0 Å². The van der Waals surface area contributed by atoms with E-state index < -0.39 is 0 Å². The van der Waals surface area contributed by atoms with E-state index in [9.17, 15) is 0 Å². The van der Waals surface area contributed by atoms with Crippen LogP contribution in [0.3, 0.4) is 0 Å². The molecule has 112 valence electrons. The maximum Gasteiger partial charge on any atom is 0.228 e. The average molecular weight is 279 g/mol. The summed E-state index contributed by atoms with van der Waals surface area (Å²) in [6, 6.07) is 0.724. The van der Waals surface area contributed by atoms with Gasteiger partial charge in [0.25, 0.3) is 0 Å². The molecule has 2 atom stereocenters. The number of nitrogens with one attached hydrogen (secondary N) is 1. The van der Waals surface area contributed by atoms with E-state index >= 15 is 0 Å². The van der Waals surface area contributed by atoms with E-state index in [-0.39, 0.29) is 5.60 Å². The van der Waals surface area contributed by atoms with Gasteiger partial charge in [-0.1, -0.05) is 18.5 Å². The van der Waals surface area contributed by atoms with Gasteiger partial charge in [-0.05, 0) is 38.0 Å². The Morgan fingerprint density at radius 3 is 2.95 bits per heavy atom. The Bertz CT molecular complexity index is 444. The molecular formula is C15H25N3O2. The van der Waals surface area contributed by atoms with Gasteiger partial charge in [-0.15, -0.1) is 0 Å². The molecule has 2 saturated carbocycles. The van der Waals surface area contributed by atoms with Crippen molar-refractivity contribution in [2.24, 2.45) is 5.92 Å². The van der Waals surface area contributed by atoms with Crippen LogP contribution in [0.15, 0.2) is 4.52 Å². The van der Waals surface area contributed by atoms with Crippen molar-refractivity contribution in [3.8, 4) is 0 Å². The summed E-state index contributed by atoms with van der Waals surface area (Å²) >= 11 is 0. The molecule has 1 aromatic heterocycles. The number of nitrogens with zero attached hydrogens (tertiary/aromatic N) is 2. The minimum absolute atomic E-state index is 0.330. The van der Waals surface area contributed by atoms with E-state index in [1.165, 1.54) is 25.7 Å². The highest BCUT2D eigenvalue weighted by Crippen LogP contribution is 2.41. The van der Waals surface area contributed by atoms with Crippen molar-refractivity contribution in [1.82, 2.24) is 15.5 Å². The van der Waals surface area contributed by atoms with Crippen LogP contribution in [0.2, 0.25) is 0 Å². The average Bonchev–Trinajstić information content (AvgIpc) is 3.14. The fraction of sp³-hybridized carbons (Fsp3) is 0.867. The van der Waals surface area contributed by atoms with Crippen LogP contribution in [0.5, 0.6) is 0 Å². The van der Waals surface area contributed by atoms with Crippen LogP contribution >= 0.6 is 0 Å². The normalized spacial score (nSPS) is 30.6. The molecule has 1 heterocycles. The second-order valence-electron chi connectivity index (χ2n) is 6.39. The number of aromatic nitrogens is 2. The third-order valence-electron chi connectivity index (χ3n) is 4.57. The van der Waals surface area contributed by atoms with Crippen LogP contribution < -0.4 is 5.32 Å². The van der Waals surface area contributed by atoms with Crippen molar-refractivity contribution >= 4 is 0 Å². The molecule has 2 aliphatic carbocycles. The minimum Gasteiger partial charge on any atom is -0.370 e. The molecule has 0 aromatic carbocycles. The highest BCUT2D eigenvalue weighted by atomic mass is 16.5. The summed E-state index contributed by atoms with van der Waals surface area (Å²) < 4.78 is 11.2. The van der Waals surface area contributed by atoms with Gasteiger partial charge in [-0.3, -0.25) is 0 Å². The van der Waals surface area contributed by atoms with Gasteiger partial charge in [-0.2, -0.15) is 4.98 Å². The Kier molecular flexibility index (Phi) is 4.08. The molecule has 5 nitrogen and oxygen atoms in total. The second kappa shape index (κ2) is 5.82. The summed E-state index contributed by atoms with van der Waals surface area (Å²) in [6.07, 6.45) is 7.83. The molecule has 0 bridgehead atoms. The lowest BCUT2D eigenvalue weighted by Crippen LogP contribution is -2.35. The lowest BCUT2D eigenvalue weighted by Gasteiger charge is -2.36. The topological polar surface area (TPSA) is 60.2 Å². The smallest absolute Gasteiger partial charge is 0.228 e. The third-order valence-corrected chi connectivity index (χ3v) is 4.57. The number of ether oxygens (including phenoxy) is 1. The highest BCUT2D eigenvalue weighted by Gasteiger charge is 2.40. The Balaban J connectivity index is 1.63.